The van der Waals surface area contributed by atoms with E-state index in [1.165, 1.54) is 7.11 Å². The van der Waals surface area contributed by atoms with Crippen molar-refractivity contribution in [2.75, 3.05) is 52.0 Å². The van der Waals surface area contributed by atoms with E-state index in [9.17, 15) is 14.4 Å². The topological polar surface area (TPSA) is 104 Å². The highest BCUT2D eigenvalue weighted by atomic mass is 16.5. The first kappa shape index (κ1) is 24.7. The van der Waals surface area contributed by atoms with Crippen LogP contribution in [0.3, 0.4) is 0 Å². The van der Waals surface area contributed by atoms with Crippen molar-refractivity contribution in [2.45, 2.75) is 0 Å². The number of benzene rings is 2. The van der Waals surface area contributed by atoms with Crippen molar-refractivity contribution in [2.24, 2.45) is 0 Å². The van der Waals surface area contributed by atoms with Gasteiger partial charge in [0.05, 0.1) is 29.6 Å². The van der Waals surface area contributed by atoms with Crippen molar-refractivity contribution in [1.82, 2.24) is 9.80 Å². The van der Waals surface area contributed by atoms with Crippen LogP contribution in [0.2, 0.25) is 0 Å². The number of furan rings is 1. The minimum absolute atomic E-state index is 0.190. The lowest BCUT2D eigenvalue weighted by Crippen LogP contribution is -2.33. The second-order valence-corrected chi connectivity index (χ2v) is 8.64. The van der Waals surface area contributed by atoms with Crippen molar-refractivity contribution in [1.29, 1.82) is 0 Å². The highest BCUT2D eigenvalue weighted by Gasteiger charge is 2.30. The van der Waals surface area contributed by atoms with Crippen LogP contribution in [-0.4, -0.2) is 68.9 Å². The predicted octanol–water partition coefficient (Wildman–Crippen LogP) is 3.63. The number of likely N-dealkylation sites (N-methyl/N-ethyl adjacent to an activating group) is 2. The molecule has 2 N–H and O–H groups in total. The first-order chi connectivity index (χ1) is 17.3. The van der Waals surface area contributed by atoms with Gasteiger partial charge in [0.2, 0.25) is 0 Å². The van der Waals surface area contributed by atoms with Crippen LogP contribution in [0.4, 0.5) is 11.6 Å². The molecule has 9 heteroatoms. The molecule has 0 radical (unpaired) electrons. The molecule has 4 rings (SSSR count). The largest absolute Gasteiger partial charge is 0.465 e. The Labute approximate surface area is 209 Å². The summed E-state index contributed by atoms with van der Waals surface area (Å²) >= 11 is 0. The molecule has 1 aliphatic rings. The Morgan fingerprint density at radius 3 is 2.42 bits per heavy atom. The number of fused-ring (bicyclic) bond motifs is 1. The van der Waals surface area contributed by atoms with Gasteiger partial charge in [0.25, 0.3) is 11.8 Å². The van der Waals surface area contributed by atoms with Gasteiger partial charge in [-0.25, -0.2) is 4.79 Å². The minimum atomic E-state index is -0.491. The third kappa shape index (κ3) is 5.16. The molecule has 0 bridgehead atoms. The lowest BCUT2D eigenvalue weighted by molar-refractivity contribution is -0.110. The number of nitrogens with zero attached hydrogens (tertiary/aromatic N) is 2. The maximum absolute atomic E-state index is 13.1. The van der Waals surface area contributed by atoms with Gasteiger partial charge in [0.15, 0.2) is 11.6 Å². The van der Waals surface area contributed by atoms with Gasteiger partial charge < -0.3 is 29.6 Å². The second kappa shape index (κ2) is 10.5. The van der Waals surface area contributed by atoms with Crippen LogP contribution in [-0.2, 0) is 9.53 Å². The number of methoxy groups -OCH3 is 1. The molecule has 2 amide bonds. The summed E-state index contributed by atoms with van der Waals surface area (Å²) in [5, 5.41) is 6.03. The molecule has 0 unspecified atom stereocenters. The van der Waals surface area contributed by atoms with Gasteiger partial charge >= 0.3 is 5.97 Å². The van der Waals surface area contributed by atoms with E-state index in [1.807, 2.05) is 49.3 Å². The van der Waals surface area contributed by atoms with E-state index in [0.717, 1.165) is 12.1 Å². The van der Waals surface area contributed by atoms with Crippen molar-refractivity contribution in [3.05, 3.63) is 83.1 Å². The molecule has 0 atom stereocenters. The molecule has 36 heavy (non-hydrogen) atoms. The Balaban J connectivity index is 1.70. The van der Waals surface area contributed by atoms with E-state index in [4.69, 9.17) is 9.15 Å². The van der Waals surface area contributed by atoms with Crippen LogP contribution in [0.5, 0.6) is 0 Å². The molecule has 2 heterocycles. The van der Waals surface area contributed by atoms with Gasteiger partial charge in [-0.05, 0) is 37.9 Å². The summed E-state index contributed by atoms with van der Waals surface area (Å²) in [6.45, 7) is 1.28. The fraction of sp³-hybridized carbons (Fsp3) is 0.222. The summed E-state index contributed by atoms with van der Waals surface area (Å²) in [6, 6.07) is 17.5. The first-order valence-electron chi connectivity index (χ1n) is 11.4. The molecular weight excluding hydrogens is 460 g/mol. The third-order valence-electron chi connectivity index (χ3n) is 5.79. The van der Waals surface area contributed by atoms with E-state index in [0.29, 0.717) is 40.5 Å². The number of anilines is 2. The Morgan fingerprint density at radius 2 is 1.72 bits per heavy atom. The van der Waals surface area contributed by atoms with Crippen LogP contribution in [0.25, 0.3) is 11.3 Å². The van der Waals surface area contributed by atoms with E-state index in [2.05, 4.69) is 10.6 Å². The Bertz CT molecular complexity index is 1330. The van der Waals surface area contributed by atoms with Crippen molar-refractivity contribution in [3.8, 4) is 0 Å². The number of rotatable bonds is 8. The number of ether oxygens (including phenoxy) is 1. The highest BCUT2D eigenvalue weighted by Crippen LogP contribution is 2.38. The molecule has 0 fully saturated rings. The monoisotopic (exact) mass is 488 g/mol. The average Bonchev–Trinajstić information content (AvgIpc) is 3.48. The SMILES string of the molecule is COC(=O)c1ccc2c(c1)NC(=O)/C2=C(\Nc1ccc(C(=O)N(C)CCN(C)C)o1)c1ccccc1. The average molecular weight is 489 g/mol. The van der Waals surface area contributed by atoms with Crippen molar-refractivity contribution >= 4 is 40.6 Å². The van der Waals surface area contributed by atoms with E-state index in [-0.39, 0.29) is 17.6 Å². The van der Waals surface area contributed by atoms with Gasteiger partial charge in [-0.1, -0.05) is 36.4 Å². The van der Waals surface area contributed by atoms with Gasteiger partial charge in [0, 0.05) is 31.8 Å². The van der Waals surface area contributed by atoms with Crippen LogP contribution in [0, 0.1) is 0 Å². The van der Waals surface area contributed by atoms with E-state index >= 15 is 0 Å². The Kier molecular flexibility index (Phi) is 7.21. The normalized spacial score (nSPS) is 13.8. The zero-order valence-electron chi connectivity index (χ0n) is 20.6. The van der Waals surface area contributed by atoms with Gasteiger partial charge in [-0.15, -0.1) is 0 Å². The van der Waals surface area contributed by atoms with Gasteiger partial charge in [-0.3, -0.25) is 9.59 Å². The third-order valence-corrected chi connectivity index (χ3v) is 5.79. The Morgan fingerprint density at radius 1 is 0.972 bits per heavy atom. The maximum atomic E-state index is 13.1. The second-order valence-electron chi connectivity index (χ2n) is 8.64. The molecule has 0 saturated carbocycles. The molecule has 0 spiro atoms. The quantitative estimate of drug-likeness (QED) is 0.369. The number of carbonyl (C=O) groups is 3. The molecule has 1 aliphatic heterocycles. The number of hydrogen-bond donors (Lipinski definition) is 2. The standard InChI is InChI=1S/C27H28N4O5/c1-30(2)14-15-31(3)26(33)21-12-13-22(36-21)29-24(17-8-6-5-7-9-17)23-19-11-10-18(27(34)35-4)16-20(19)28-25(23)32/h5-13,16,29H,14-15H2,1-4H3,(H,28,32)/b24-23-. The lowest BCUT2D eigenvalue weighted by atomic mass is 9.99. The highest BCUT2D eigenvalue weighted by molar-refractivity contribution is 6.37. The van der Waals surface area contributed by atoms with Crippen LogP contribution >= 0.6 is 0 Å². The van der Waals surface area contributed by atoms with Crippen LogP contribution in [0.1, 0.15) is 32.0 Å². The van der Waals surface area contributed by atoms with Gasteiger partial charge in [0.1, 0.15) is 0 Å². The molecule has 3 aromatic rings. The zero-order valence-corrected chi connectivity index (χ0v) is 20.6. The first-order valence-corrected chi connectivity index (χ1v) is 11.4. The molecule has 0 aliphatic carbocycles. The summed E-state index contributed by atoms with van der Waals surface area (Å²) in [7, 11) is 6.92. The Hall–Kier alpha value is -4.37. The fourth-order valence-electron chi connectivity index (χ4n) is 3.83. The summed E-state index contributed by atoms with van der Waals surface area (Å²) in [5.74, 6) is -0.551. The summed E-state index contributed by atoms with van der Waals surface area (Å²) in [5.41, 5.74) is 3.11. The lowest BCUT2D eigenvalue weighted by Gasteiger charge is -2.18. The number of amides is 2. The smallest absolute Gasteiger partial charge is 0.337 e. The number of hydrogen-bond acceptors (Lipinski definition) is 7. The van der Waals surface area contributed by atoms with Crippen molar-refractivity contribution < 1.29 is 23.5 Å². The minimum Gasteiger partial charge on any atom is -0.465 e. The summed E-state index contributed by atoms with van der Waals surface area (Å²) < 4.78 is 10.6. The number of carbonyl (C=O) groups excluding carboxylic acids is 3. The van der Waals surface area contributed by atoms with Crippen LogP contribution in [0.15, 0.2) is 65.1 Å². The maximum Gasteiger partial charge on any atom is 0.337 e. The summed E-state index contributed by atoms with van der Waals surface area (Å²) in [4.78, 5) is 41.4. The molecule has 1 aromatic heterocycles. The number of nitrogens with one attached hydrogen (secondary N) is 2. The molecule has 9 nitrogen and oxygen atoms in total. The molecule has 186 valence electrons. The molecule has 2 aromatic carbocycles. The van der Waals surface area contributed by atoms with Gasteiger partial charge in [-0.2, -0.15) is 0 Å². The van der Waals surface area contributed by atoms with E-state index in [1.54, 1.807) is 42.3 Å². The fourth-order valence-corrected chi connectivity index (χ4v) is 3.83. The van der Waals surface area contributed by atoms with Crippen LogP contribution < -0.4 is 10.6 Å². The summed E-state index contributed by atoms with van der Waals surface area (Å²) in [6.07, 6.45) is 0. The molecule has 0 saturated heterocycles. The van der Waals surface area contributed by atoms with Crippen molar-refractivity contribution in [3.63, 3.8) is 0 Å². The zero-order chi connectivity index (χ0) is 25.8. The number of esters is 1. The van der Waals surface area contributed by atoms with E-state index < -0.39 is 5.97 Å². The predicted molar refractivity (Wildman–Crippen MR) is 138 cm³/mol. The molecular formula is C27H28N4O5.